The van der Waals surface area contributed by atoms with E-state index in [1.165, 1.54) is 12.0 Å². The average molecular weight is 366 g/mol. The van der Waals surface area contributed by atoms with Crippen LogP contribution < -0.4 is 10.1 Å². The van der Waals surface area contributed by atoms with Crippen LogP contribution in [0.3, 0.4) is 0 Å². The van der Waals surface area contributed by atoms with Gasteiger partial charge in [0.15, 0.2) is 5.54 Å². The predicted molar refractivity (Wildman–Crippen MR) is 95.1 cm³/mol. The van der Waals surface area contributed by atoms with E-state index >= 15 is 0 Å². The highest BCUT2D eigenvalue weighted by Crippen LogP contribution is 2.41. The topological polar surface area (TPSA) is 84.9 Å². The van der Waals surface area contributed by atoms with E-state index in [2.05, 4.69) is 10.1 Å². The maximum atomic E-state index is 13.2. The fraction of sp³-hybridized carbons (Fsp3) is 0.250. The first-order chi connectivity index (χ1) is 13.0. The van der Waals surface area contributed by atoms with E-state index in [4.69, 9.17) is 4.74 Å². The van der Waals surface area contributed by atoms with E-state index in [0.29, 0.717) is 29.9 Å². The van der Waals surface area contributed by atoms with Gasteiger partial charge in [0.2, 0.25) is 0 Å². The summed E-state index contributed by atoms with van der Waals surface area (Å²) in [6.45, 7) is 0.474. The minimum absolute atomic E-state index is 0.122. The van der Waals surface area contributed by atoms with Gasteiger partial charge in [-0.05, 0) is 23.8 Å². The number of hydrogen-bond acceptors (Lipinski definition) is 5. The summed E-state index contributed by atoms with van der Waals surface area (Å²) in [5.41, 5.74) is 0.743. The van der Waals surface area contributed by atoms with Crippen LogP contribution in [-0.2, 0) is 21.6 Å². The van der Waals surface area contributed by atoms with Crippen molar-refractivity contribution >= 4 is 17.9 Å². The summed E-state index contributed by atoms with van der Waals surface area (Å²) in [6.07, 6.45) is 0.381. The number of rotatable bonds is 3. The maximum absolute atomic E-state index is 13.2. The lowest BCUT2D eigenvalue weighted by molar-refractivity contribution is -0.133. The molecule has 2 aliphatic heterocycles. The highest BCUT2D eigenvalue weighted by atomic mass is 16.5. The number of hydrogen-bond donors (Lipinski definition) is 1. The molecule has 2 aromatic rings. The molecular formula is C20H18N2O5. The summed E-state index contributed by atoms with van der Waals surface area (Å²) in [6, 6.07) is 13.5. The molecule has 0 radical (unpaired) electrons. The van der Waals surface area contributed by atoms with Crippen molar-refractivity contribution in [2.45, 2.75) is 18.5 Å². The Labute approximate surface area is 155 Å². The summed E-state index contributed by atoms with van der Waals surface area (Å²) in [7, 11) is 1.31. The van der Waals surface area contributed by atoms with E-state index < -0.39 is 17.5 Å². The summed E-state index contributed by atoms with van der Waals surface area (Å²) >= 11 is 0. The molecule has 1 unspecified atom stereocenters. The van der Waals surface area contributed by atoms with Crippen molar-refractivity contribution in [2.24, 2.45) is 0 Å². The van der Waals surface area contributed by atoms with Crippen molar-refractivity contribution < 1.29 is 23.9 Å². The van der Waals surface area contributed by atoms with Gasteiger partial charge in [0.1, 0.15) is 5.75 Å². The molecule has 1 N–H and O–H groups in total. The van der Waals surface area contributed by atoms with Gasteiger partial charge in [0.25, 0.3) is 5.91 Å². The summed E-state index contributed by atoms with van der Waals surface area (Å²) in [5, 5.41) is 2.87. The fourth-order valence-electron chi connectivity index (χ4n) is 3.56. The number of nitrogens with zero attached hydrogens (tertiary/aromatic N) is 1. The summed E-state index contributed by atoms with van der Waals surface area (Å²) < 4.78 is 10.3. The molecule has 7 nitrogen and oxygen atoms in total. The number of nitrogens with one attached hydrogen (secondary N) is 1. The molecule has 7 heteroatoms. The van der Waals surface area contributed by atoms with Gasteiger partial charge in [0, 0.05) is 12.0 Å². The Kier molecular flexibility index (Phi) is 4.07. The third kappa shape index (κ3) is 2.71. The zero-order chi connectivity index (χ0) is 19.0. The molecule has 0 saturated carbocycles. The lowest BCUT2D eigenvalue weighted by atomic mass is 9.84. The van der Waals surface area contributed by atoms with E-state index in [1.807, 2.05) is 12.1 Å². The number of carbonyl (C=O) groups is 3. The standard InChI is InChI=1S/C20H18N2O5/c1-26-17(23)14-8-6-13(7-9-14)12-22-18(24)20(21-19(22)25)10-11-27-16-5-3-2-4-15(16)20/h2-9H,10-12H2,1H3,(H,21,25). The summed E-state index contributed by atoms with van der Waals surface area (Å²) in [5.74, 6) is -0.115. The highest BCUT2D eigenvalue weighted by Gasteiger charge is 2.54. The number of ether oxygens (including phenoxy) is 2. The van der Waals surface area contributed by atoms with E-state index in [1.54, 1.807) is 36.4 Å². The van der Waals surface area contributed by atoms with Gasteiger partial charge in [0.05, 0.1) is 25.8 Å². The Morgan fingerprint density at radius 2 is 1.93 bits per heavy atom. The van der Waals surface area contributed by atoms with E-state index in [-0.39, 0.29) is 12.5 Å². The number of carbonyl (C=O) groups excluding carboxylic acids is 3. The monoisotopic (exact) mass is 366 g/mol. The third-order valence-electron chi connectivity index (χ3n) is 4.97. The van der Waals surface area contributed by atoms with E-state index in [9.17, 15) is 14.4 Å². The number of para-hydroxylation sites is 1. The second-order valence-electron chi connectivity index (χ2n) is 6.51. The van der Waals surface area contributed by atoms with Crippen LogP contribution in [-0.4, -0.2) is 36.5 Å². The molecule has 1 saturated heterocycles. The molecule has 3 amide bonds. The van der Waals surface area contributed by atoms with Gasteiger partial charge in [-0.15, -0.1) is 0 Å². The predicted octanol–water partition coefficient (Wildman–Crippen LogP) is 2.20. The number of fused-ring (bicyclic) bond motifs is 2. The zero-order valence-corrected chi connectivity index (χ0v) is 14.7. The van der Waals surface area contributed by atoms with Gasteiger partial charge < -0.3 is 14.8 Å². The van der Waals surface area contributed by atoms with Crippen LogP contribution >= 0.6 is 0 Å². The number of esters is 1. The number of imide groups is 1. The number of methoxy groups -OCH3 is 1. The van der Waals surface area contributed by atoms with Crippen LogP contribution in [0.5, 0.6) is 5.75 Å². The van der Waals surface area contributed by atoms with Gasteiger partial charge in [-0.3, -0.25) is 9.69 Å². The lowest BCUT2D eigenvalue weighted by Gasteiger charge is -2.33. The average Bonchev–Trinajstić information content (AvgIpc) is 2.93. The molecule has 0 bridgehead atoms. The van der Waals surface area contributed by atoms with Crippen LogP contribution in [0.4, 0.5) is 4.79 Å². The van der Waals surface area contributed by atoms with Gasteiger partial charge >= 0.3 is 12.0 Å². The molecule has 0 aliphatic carbocycles. The molecule has 1 fully saturated rings. The first-order valence-electron chi connectivity index (χ1n) is 8.59. The Morgan fingerprint density at radius 1 is 1.19 bits per heavy atom. The molecule has 2 aliphatic rings. The molecule has 27 heavy (non-hydrogen) atoms. The lowest BCUT2D eigenvalue weighted by Crippen LogP contribution is -2.47. The maximum Gasteiger partial charge on any atom is 0.337 e. The van der Waals surface area contributed by atoms with Crippen molar-refractivity contribution in [1.29, 1.82) is 0 Å². The largest absolute Gasteiger partial charge is 0.493 e. The zero-order valence-electron chi connectivity index (χ0n) is 14.7. The molecule has 0 aromatic heterocycles. The third-order valence-corrected chi connectivity index (χ3v) is 4.97. The van der Waals surface area contributed by atoms with Gasteiger partial charge in [-0.25, -0.2) is 9.59 Å². The molecule has 2 heterocycles. The van der Waals surface area contributed by atoms with Crippen molar-refractivity contribution in [1.82, 2.24) is 10.2 Å². The Bertz CT molecular complexity index is 924. The molecule has 2 aromatic carbocycles. The number of amides is 3. The molecule has 138 valence electrons. The SMILES string of the molecule is COC(=O)c1ccc(CN2C(=O)NC3(CCOc4ccccc43)C2=O)cc1. The van der Waals surface area contributed by atoms with Crippen molar-refractivity contribution in [2.75, 3.05) is 13.7 Å². The first kappa shape index (κ1) is 17.1. The second-order valence-corrected chi connectivity index (χ2v) is 6.51. The van der Waals surface area contributed by atoms with Gasteiger partial charge in [-0.2, -0.15) is 0 Å². The van der Waals surface area contributed by atoms with Crippen LogP contribution in [0.2, 0.25) is 0 Å². The van der Waals surface area contributed by atoms with Crippen molar-refractivity contribution in [3.8, 4) is 5.75 Å². The first-order valence-corrected chi connectivity index (χ1v) is 8.59. The Hall–Kier alpha value is -3.35. The smallest absolute Gasteiger partial charge is 0.337 e. The van der Waals surface area contributed by atoms with E-state index in [0.717, 1.165) is 5.56 Å². The molecule has 1 atom stereocenters. The van der Waals surface area contributed by atoms with Gasteiger partial charge in [-0.1, -0.05) is 30.3 Å². The molecule has 4 rings (SSSR count). The number of benzene rings is 2. The van der Waals surface area contributed by atoms with Crippen LogP contribution in [0, 0.1) is 0 Å². The minimum atomic E-state index is -1.09. The Morgan fingerprint density at radius 3 is 2.67 bits per heavy atom. The van der Waals surface area contributed by atoms with Crippen molar-refractivity contribution in [3.05, 3.63) is 65.2 Å². The van der Waals surface area contributed by atoms with Crippen molar-refractivity contribution in [3.63, 3.8) is 0 Å². The molecular weight excluding hydrogens is 348 g/mol. The van der Waals surface area contributed by atoms with Crippen LogP contribution in [0.1, 0.15) is 27.9 Å². The van der Waals surface area contributed by atoms with Crippen LogP contribution in [0.15, 0.2) is 48.5 Å². The Balaban J connectivity index is 1.60. The second kappa shape index (κ2) is 6.42. The highest BCUT2D eigenvalue weighted by molar-refractivity contribution is 6.07. The fourth-order valence-corrected chi connectivity index (χ4v) is 3.56. The number of urea groups is 1. The minimum Gasteiger partial charge on any atom is -0.493 e. The quantitative estimate of drug-likeness (QED) is 0.665. The van der Waals surface area contributed by atoms with Crippen LogP contribution in [0.25, 0.3) is 0 Å². The summed E-state index contributed by atoms with van der Waals surface area (Å²) in [4.78, 5) is 38.5. The molecule has 1 spiro atoms. The normalized spacial score (nSPS) is 20.9.